The van der Waals surface area contributed by atoms with E-state index >= 15 is 0 Å². The smallest absolute Gasteiger partial charge is 0.352 e. The van der Waals surface area contributed by atoms with Gasteiger partial charge in [-0.2, -0.15) is 13.2 Å². The number of benzene rings is 1. The summed E-state index contributed by atoms with van der Waals surface area (Å²) in [6.45, 7) is 6.22. The molecule has 1 fully saturated rings. The number of hydrogen-bond acceptors (Lipinski definition) is 3. The Kier molecular flexibility index (Phi) is 8.91. The summed E-state index contributed by atoms with van der Waals surface area (Å²) in [6, 6.07) is 5.18. The van der Waals surface area contributed by atoms with E-state index in [9.17, 15) is 22.8 Å². The highest BCUT2D eigenvalue weighted by Crippen LogP contribution is 2.32. The van der Waals surface area contributed by atoms with Gasteiger partial charge in [0, 0.05) is 23.7 Å². The van der Waals surface area contributed by atoms with E-state index in [1.54, 1.807) is 0 Å². The maximum absolute atomic E-state index is 12.8. The van der Waals surface area contributed by atoms with Crippen LogP contribution in [0, 0.1) is 5.92 Å². The van der Waals surface area contributed by atoms with E-state index in [1.807, 2.05) is 0 Å². The van der Waals surface area contributed by atoms with Gasteiger partial charge >= 0.3 is 6.18 Å². The van der Waals surface area contributed by atoms with Crippen LogP contribution in [-0.2, 0) is 11.0 Å². The number of hydrogen-bond donors (Lipinski definition) is 2. The molecule has 0 aromatic heterocycles. The SMILES string of the molecule is CCC[C@@H]1C[C@@H](N(C)C(C)C)CC[C@@H]1NC(=O)CNC(=O)c1cccc(C(F)(F)F)c1. The van der Waals surface area contributed by atoms with Gasteiger partial charge in [0.05, 0.1) is 12.1 Å². The molecule has 1 aromatic carbocycles. The number of carbonyl (C=O) groups is 2. The number of rotatable bonds is 8. The van der Waals surface area contributed by atoms with Crippen molar-refractivity contribution < 1.29 is 22.8 Å². The fourth-order valence-electron chi connectivity index (χ4n) is 4.27. The molecule has 0 heterocycles. The Morgan fingerprint density at radius 2 is 1.94 bits per heavy atom. The second kappa shape index (κ2) is 11.0. The van der Waals surface area contributed by atoms with E-state index in [4.69, 9.17) is 0 Å². The van der Waals surface area contributed by atoms with Crippen LogP contribution in [0.1, 0.15) is 68.8 Å². The van der Waals surface area contributed by atoms with Crippen molar-refractivity contribution in [3.63, 3.8) is 0 Å². The third-order valence-corrected chi connectivity index (χ3v) is 6.21. The van der Waals surface area contributed by atoms with Crippen LogP contribution >= 0.6 is 0 Å². The third-order valence-electron chi connectivity index (χ3n) is 6.21. The fourth-order valence-corrected chi connectivity index (χ4v) is 4.27. The first-order chi connectivity index (χ1) is 14.5. The van der Waals surface area contributed by atoms with E-state index < -0.39 is 17.6 Å². The second-order valence-electron chi connectivity index (χ2n) is 8.71. The van der Waals surface area contributed by atoms with E-state index in [0.717, 1.165) is 44.2 Å². The normalized spacial score (nSPS) is 21.9. The van der Waals surface area contributed by atoms with Gasteiger partial charge in [-0.1, -0.05) is 19.4 Å². The maximum atomic E-state index is 12.8. The van der Waals surface area contributed by atoms with Gasteiger partial charge in [0.25, 0.3) is 5.91 Å². The largest absolute Gasteiger partial charge is 0.416 e. The predicted molar refractivity (Wildman–Crippen MR) is 115 cm³/mol. The summed E-state index contributed by atoms with van der Waals surface area (Å²) < 4.78 is 38.5. The molecule has 0 saturated heterocycles. The summed E-state index contributed by atoms with van der Waals surface area (Å²) in [4.78, 5) is 27.0. The molecule has 1 saturated carbocycles. The molecular formula is C23H34F3N3O2. The molecule has 2 amide bonds. The Hall–Kier alpha value is -2.09. The molecule has 0 radical (unpaired) electrons. The number of halogens is 3. The van der Waals surface area contributed by atoms with Gasteiger partial charge in [0.2, 0.25) is 5.91 Å². The monoisotopic (exact) mass is 441 g/mol. The Labute approximate surface area is 182 Å². The number of nitrogens with zero attached hydrogens (tertiary/aromatic N) is 1. The summed E-state index contributed by atoms with van der Waals surface area (Å²) >= 11 is 0. The van der Waals surface area contributed by atoms with Crippen LogP contribution in [0.2, 0.25) is 0 Å². The first-order valence-electron chi connectivity index (χ1n) is 11.0. The average molecular weight is 442 g/mol. The Balaban J connectivity index is 1.91. The van der Waals surface area contributed by atoms with Crippen molar-refractivity contribution in [3.05, 3.63) is 35.4 Å². The molecule has 0 unspecified atom stereocenters. The summed E-state index contributed by atoms with van der Waals surface area (Å²) in [5, 5.41) is 5.46. The third kappa shape index (κ3) is 7.23. The van der Waals surface area contributed by atoms with Crippen molar-refractivity contribution >= 4 is 11.8 Å². The van der Waals surface area contributed by atoms with Gasteiger partial charge in [-0.05, 0) is 70.7 Å². The maximum Gasteiger partial charge on any atom is 0.416 e. The number of alkyl halides is 3. The fraction of sp³-hybridized carbons (Fsp3) is 0.652. The van der Waals surface area contributed by atoms with Crippen molar-refractivity contribution in [1.82, 2.24) is 15.5 Å². The molecule has 1 aromatic rings. The predicted octanol–water partition coefficient (Wildman–Crippen LogP) is 4.23. The zero-order valence-corrected chi connectivity index (χ0v) is 18.8. The highest BCUT2D eigenvalue weighted by atomic mass is 19.4. The summed E-state index contributed by atoms with van der Waals surface area (Å²) in [5.41, 5.74) is -1.01. The quantitative estimate of drug-likeness (QED) is 0.635. The molecule has 31 heavy (non-hydrogen) atoms. The second-order valence-corrected chi connectivity index (χ2v) is 8.71. The van der Waals surface area contributed by atoms with Gasteiger partial charge in [-0.25, -0.2) is 0 Å². The molecule has 174 valence electrons. The van der Waals surface area contributed by atoms with Gasteiger partial charge in [-0.15, -0.1) is 0 Å². The van der Waals surface area contributed by atoms with E-state index in [-0.39, 0.29) is 24.1 Å². The topological polar surface area (TPSA) is 61.4 Å². The summed E-state index contributed by atoms with van der Waals surface area (Å²) in [7, 11) is 2.14. The van der Waals surface area contributed by atoms with Crippen LogP contribution in [0.5, 0.6) is 0 Å². The van der Waals surface area contributed by atoms with Gasteiger partial charge in [0.1, 0.15) is 0 Å². The Morgan fingerprint density at radius 1 is 1.23 bits per heavy atom. The van der Waals surface area contributed by atoms with Gasteiger partial charge in [-0.3, -0.25) is 9.59 Å². The molecule has 1 aliphatic rings. The van der Waals surface area contributed by atoms with Crippen molar-refractivity contribution in [2.24, 2.45) is 5.92 Å². The molecule has 0 spiro atoms. The van der Waals surface area contributed by atoms with Crippen LogP contribution < -0.4 is 10.6 Å². The lowest BCUT2D eigenvalue weighted by Gasteiger charge is -2.41. The molecule has 5 nitrogen and oxygen atoms in total. The molecule has 2 N–H and O–H groups in total. The minimum absolute atomic E-state index is 0.0507. The molecule has 0 bridgehead atoms. The van der Waals surface area contributed by atoms with E-state index in [0.29, 0.717) is 18.0 Å². The molecule has 8 heteroatoms. The highest BCUT2D eigenvalue weighted by Gasteiger charge is 2.33. The number of amides is 2. The van der Waals surface area contributed by atoms with Crippen LogP contribution in [0.25, 0.3) is 0 Å². The highest BCUT2D eigenvalue weighted by molar-refractivity contribution is 5.96. The van der Waals surface area contributed by atoms with Crippen molar-refractivity contribution in [2.75, 3.05) is 13.6 Å². The summed E-state index contributed by atoms with van der Waals surface area (Å²) in [6.07, 6.45) is 0.413. The van der Waals surface area contributed by atoms with Crippen LogP contribution in [0.4, 0.5) is 13.2 Å². The molecule has 0 aliphatic heterocycles. The zero-order chi connectivity index (χ0) is 23.2. The van der Waals surface area contributed by atoms with Crippen LogP contribution in [0.15, 0.2) is 24.3 Å². The molecular weight excluding hydrogens is 407 g/mol. The molecule has 1 aliphatic carbocycles. The standard InChI is InChI=1S/C23H34F3N3O2/c1-5-7-16-13-19(29(4)15(2)3)10-11-20(16)28-21(30)14-27-22(31)17-8-6-9-18(12-17)23(24,25)26/h6,8-9,12,15-16,19-20H,5,7,10-11,13-14H2,1-4H3,(H,27,31)(H,28,30)/t16-,19+,20+/m1/s1. The zero-order valence-electron chi connectivity index (χ0n) is 18.8. The Morgan fingerprint density at radius 3 is 2.55 bits per heavy atom. The lowest BCUT2D eigenvalue weighted by atomic mass is 9.78. The molecule has 3 atom stereocenters. The molecule has 2 rings (SSSR count). The van der Waals surface area contributed by atoms with Crippen molar-refractivity contribution in [3.8, 4) is 0 Å². The number of nitrogens with one attached hydrogen (secondary N) is 2. The lowest BCUT2D eigenvalue weighted by molar-refractivity contribution is -0.137. The van der Waals surface area contributed by atoms with Crippen molar-refractivity contribution in [2.45, 2.75) is 77.2 Å². The summed E-state index contributed by atoms with van der Waals surface area (Å²) in [5.74, 6) is -0.649. The van der Waals surface area contributed by atoms with E-state index in [1.165, 1.54) is 12.1 Å². The van der Waals surface area contributed by atoms with Gasteiger partial charge < -0.3 is 15.5 Å². The van der Waals surface area contributed by atoms with Gasteiger partial charge in [0.15, 0.2) is 0 Å². The van der Waals surface area contributed by atoms with Crippen LogP contribution in [-0.4, -0.2) is 48.4 Å². The van der Waals surface area contributed by atoms with E-state index in [2.05, 4.69) is 43.4 Å². The van der Waals surface area contributed by atoms with Crippen molar-refractivity contribution in [1.29, 1.82) is 0 Å². The number of carbonyl (C=O) groups excluding carboxylic acids is 2. The lowest BCUT2D eigenvalue weighted by Crippen LogP contribution is -2.51. The first-order valence-corrected chi connectivity index (χ1v) is 11.0. The average Bonchev–Trinajstić information content (AvgIpc) is 2.72. The Bertz CT molecular complexity index is 752. The first kappa shape index (κ1) is 25.2. The van der Waals surface area contributed by atoms with Crippen LogP contribution in [0.3, 0.4) is 0 Å². The minimum Gasteiger partial charge on any atom is -0.352 e. The minimum atomic E-state index is -4.52.